The monoisotopic (exact) mass is 353 g/mol. The number of hydrogen-bond acceptors (Lipinski definition) is 3. The van der Waals surface area contributed by atoms with Crippen LogP contribution in [0.15, 0.2) is 6.20 Å². The summed E-state index contributed by atoms with van der Waals surface area (Å²) in [5.41, 5.74) is -1.72. The molecule has 0 unspecified atom stereocenters. The van der Waals surface area contributed by atoms with Crippen molar-refractivity contribution in [3.05, 3.63) is 17.3 Å². The van der Waals surface area contributed by atoms with Gasteiger partial charge in [0.05, 0.1) is 12.7 Å². The molecule has 0 spiro atoms. The summed E-state index contributed by atoms with van der Waals surface area (Å²) in [6, 6.07) is 0. The molecule has 0 amide bonds. The maximum Gasteiger partial charge on any atom is 0.574 e. The first-order chi connectivity index (χ1) is 8.60. The Kier molecular flexibility index (Phi) is 4.54. The fourth-order valence-electron chi connectivity index (χ4n) is 1.28. The Labute approximate surface area is 111 Å². The summed E-state index contributed by atoms with van der Waals surface area (Å²) in [4.78, 5) is 3.00. The Hall–Kier alpha value is -1.19. The van der Waals surface area contributed by atoms with Crippen LogP contribution in [0.4, 0.5) is 26.3 Å². The first-order valence-electron chi connectivity index (χ1n) is 4.55. The van der Waals surface area contributed by atoms with E-state index in [-0.39, 0.29) is 11.5 Å². The fraction of sp³-hybridized carbons (Fsp3) is 0.444. The van der Waals surface area contributed by atoms with Crippen molar-refractivity contribution in [2.24, 2.45) is 0 Å². The van der Waals surface area contributed by atoms with Gasteiger partial charge in [-0.1, -0.05) is 15.9 Å². The third-order valence-electron chi connectivity index (χ3n) is 1.96. The third kappa shape index (κ3) is 3.88. The molecule has 0 fully saturated rings. The normalized spacial score (nSPS) is 12.4. The Morgan fingerprint density at radius 3 is 2.16 bits per heavy atom. The summed E-state index contributed by atoms with van der Waals surface area (Å²) in [7, 11) is 0.923. The van der Waals surface area contributed by atoms with Crippen molar-refractivity contribution >= 4 is 15.9 Å². The van der Waals surface area contributed by atoms with E-state index in [1.807, 2.05) is 0 Å². The van der Waals surface area contributed by atoms with Gasteiger partial charge in [0.2, 0.25) is 0 Å². The second-order valence-corrected chi connectivity index (χ2v) is 3.73. The van der Waals surface area contributed by atoms with Crippen molar-refractivity contribution in [1.82, 2.24) is 4.98 Å². The summed E-state index contributed by atoms with van der Waals surface area (Å²) in [5.74, 6) is -1.79. The van der Waals surface area contributed by atoms with Crippen molar-refractivity contribution < 1.29 is 35.8 Å². The highest BCUT2D eigenvalue weighted by Crippen LogP contribution is 2.41. The van der Waals surface area contributed by atoms with Crippen LogP contribution in [0.2, 0.25) is 0 Å². The van der Waals surface area contributed by atoms with Crippen molar-refractivity contribution in [1.29, 1.82) is 0 Å². The van der Waals surface area contributed by atoms with E-state index >= 15 is 0 Å². The van der Waals surface area contributed by atoms with Gasteiger partial charge in [-0.15, -0.1) is 13.2 Å². The maximum atomic E-state index is 12.6. The van der Waals surface area contributed by atoms with E-state index in [4.69, 9.17) is 0 Å². The van der Waals surface area contributed by atoms with E-state index in [2.05, 4.69) is 30.4 Å². The van der Waals surface area contributed by atoms with Gasteiger partial charge < -0.3 is 9.47 Å². The zero-order valence-electron chi connectivity index (χ0n) is 9.19. The minimum Gasteiger partial charge on any atom is -0.491 e. The number of pyridine rings is 1. The van der Waals surface area contributed by atoms with Crippen molar-refractivity contribution in [3.8, 4) is 11.6 Å². The Balaban J connectivity index is 3.39. The number of methoxy groups -OCH3 is 1. The maximum absolute atomic E-state index is 12.6. The van der Waals surface area contributed by atoms with Gasteiger partial charge in [0.1, 0.15) is 0 Å². The van der Waals surface area contributed by atoms with E-state index in [0.717, 1.165) is 7.11 Å². The lowest BCUT2D eigenvalue weighted by molar-refractivity contribution is -0.276. The van der Waals surface area contributed by atoms with Crippen molar-refractivity contribution in [2.75, 3.05) is 7.11 Å². The minimum absolute atomic E-state index is 0.264. The molecule has 0 radical (unpaired) electrons. The Morgan fingerprint density at radius 2 is 1.79 bits per heavy atom. The van der Waals surface area contributed by atoms with E-state index in [9.17, 15) is 26.3 Å². The summed E-state index contributed by atoms with van der Waals surface area (Å²) < 4.78 is 82.2. The lowest BCUT2D eigenvalue weighted by atomic mass is 10.1. The molecule has 0 aliphatic carbocycles. The summed E-state index contributed by atoms with van der Waals surface area (Å²) in [5, 5.41) is -0.373. The SMILES string of the molecule is COc1c(OC(F)(F)F)ncc(C(F)(F)F)c1CBr. The standard InChI is InChI=1S/C9H6BrF6NO2/c1-18-6-4(2-10)5(8(11,12)13)3-17-7(6)19-9(14,15)16/h3H,2H2,1H3. The van der Waals surface area contributed by atoms with Gasteiger partial charge in [0, 0.05) is 17.1 Å². The molecule has 0 aliphatic heterocycles. The molecule has 0 aliphatic rings. The number of nitrogens with zero attached hydrogens (tertiary/aromatic N) is 1. The zero-order chi connectivity index (χ0) is 14.8. The number of aromatic nitrogens is 1. The van der Waals surface area contributed by atoms with Gasteiger partial charge in [-0.2, -0.15) is 13.2 Å². The van der Waals surface area contributed by atoms with Crippen LogP contribution in [0, 0.1) is 0 Å². The highest BCUT2D eigenvalue weighted by atomic mass is 79.9. The molecule has 108 valence electrons. The molecule has 0 atom stereocenters. The third-order valence-corrected chi connectivity index (χ3v) is 2.52. The Morgan fingerprint density at radius 1 is 1.21 bits per heavy atom. The predicted molar refractivity (Wildman–Crippen MR) is 55.1 cm³/mol. The van der Waals surface area contributed by atoms with Crippen LogP contribution < -0.4 is 9.47 Å². The van der Waals surface area contributed by atoms with E-state index in [0.29, 0.717) is 0 Å². The lowest BCUT2D eigenvalue weighted by Gasteiger charge is -2.17. The fourth-order valence-corrected chi connectivity index (χ4v) is 1.84. The number of ether oxygens (including phenoxy) is 2. The Bertz CT molecular complexity index is 459. The average molecular weight is 354 g/mol. The van der Waals surface area contributed by atoms with Gasteiger partial charge in [-0.25, -0.2) is 4.98 Å². The van der Waals surface area contributed by atoms with Gasteiger partial charge in [0.15, 0.2) is 5.75 Å². The number of hydrogen-bond donors (Lipinski definition) is 0. The van der Waals surface area contributed by atoms with Gasteiger partial charge in [-0.05, 0) is 0 Å². The van der Waals surface area contributed by atoms with Gasteiger partial charge in [0.25, 0.3) is 5.88 Å². The quantitative estimate of drug-likeness (QED) is 0.610. The lowest BCUT2D eigenvalue weighted by Crippen LogP contribution is -2.20. The van der Waals surface area contributed by atoms with E-state index in [1.165, 1.54) is 0 Å². The van der Waals surface area contributed by atoms with Gasteiger partial charge in [-0.3, -0.25) is 0 Å². The van der Waals surface area contributed by atoms with Crippen molar-refractivity contribution in [3.63, 3.8) is 0 Å². The summed E-state index contributed by atoms with van der Waals surface area (Å²) in [6.07, 6.45) is -9.58. The molecule has 1 aromatic rings. The minimum atomic E-state index is -5.08. The molecule has 1 heterocycles. The van der Waals surface area contributed by atoms with Crippen LogP contribution in [-0.4, -0.2) is 18.5 Å². The second kappa shape index (κ2) is 5.43. The van der Waals surface area contributed by atoms with Crippen molar-refractivity contribution in [2.45, 2.75) is 17.9 Å². The molecule has 0 saturated heterocycles. The largest absolute Gasteiger partial charge is 0.574 e. The molecule has 1 aromatic heterocycles. The zero-order valence-corrected chi connectivity index (χ0v) is 10.8. The number of alkyl halides is 7. The topological polar surface area (TPSA) is 31.4 Å². The van der Waals surface area contributed by atoms with Crippen LogP contribution in [-0.2, 0) is 11.5 Å². The molecular weight excluding hydrogens is 348 g/mol. The van der Waals surface area contributed by atoms with Crippen LogP contribution in [0.5, 0.6) is 11.6 Å². The average Bonchev–Trinajstić information content (AvgIpc) is 2.24. The molecule has 3 nitrogen and oxygen atoms in total. The highest BCUT2D eigenvalue weighted by molar-refractivity contribution is 9.08. The molecule has 0 saturated carbocycles. The molecular formula is C9H6BrF6NO2. The molecule has 19 heavy (non-hydrogen) atoms. The van der Waals surface area contributed by atoms with Gasteiger partial charge >= 0.3 is 12.5 Å². The molecule has 1 rings (SSSR count). The summed E-state index contributed by atoms with van der Waals surface area (Å²) in [6.45, 7) is 0. The van der Waals surface area contributed by atoms with Crippen LogP contribution in [0.25, 0.3) is 0 Å². The number of rotatable bonds is 3. The van der Waals surface area contributed by atoms with Crippen LogP contribution in [0.3, 0.4) is 0 Å². The smallest absolute Gasteiger partial charge is 0.491 e. The van der Waals surface area contributed by atoms with Crippen LogP contribution >= 0.6 is 15.9 Å². The molecule has 0 N–H and O–H groups in total. The first-order valence-corrected chi connectivity index (χ1v) is 5.67. The summed E-state index contributed by atoms with van der Waals surface area (Å²) >= 11 is 2.76. The molecule has 10 heteroatoms. The highest BCUT2D eigenvalue weighted by Gasteiger charge is 2.39. The predicted octanol–water partition coefficient (Wildman–Crippen LogP) is 3.90. The second-order valence-electron chi connectivity index (χ2n) is 3.17. The first kappa shape index (κ1) is 15.9. The van der Waals surface area contributed by atoms with E-state index < -0.39 is 35.3 Å². The molecule has 0 aromatic carbocycles. The van der Waals surface area contributed by atoms with E-state index in [1.54, 1.807) is 0 Å². The molecule has 0 bridgehead atoms. The van der Waals surface area contributed by atoms with Crippen LogP contribution in [0.1, 0.15) is 11.1 Å². The number of halogens is 7.